The van der Waals surface area contributed by atoms with Crippen LogP contribution in [0.5, 0.6) is 11.5 Å². The summed E-state index contributed by atoms with van der Waals surface area (Å²) in [5, 5.41) is 41.0. The van der Waals surface area contributed by atoms with Gasteiger partial charge in [-0.05, 0) is 44.9 Å². The first-order valence-electron chi connectivity index (χ1n) is 13.7. The number of hydrogen-bond donors (Lipinski definition) is 5. The van der Waals surface area contributed by atoms with Crippen LogP contribution in [0.3, 0.4) is 0 Å². The molecular weight excluding hydrogens is 755 g/mol. The van der Waals surface area contributed by atoms with Crippen LogP contribution in [0.4, 0.5) is 0 Å². The van der Waals surface area contributed by atoms with Gasteiger partial charge in [-0.25, -0.2) is 29.8 Å². The van der Waals surface area contributed by atoms with E-state index in [1.807, 2.05) is 12.1 Å². The SMILES string of the molecule is CC(C)(C)c1cccc(O)c1C(C)(C)C.CC(C)(C)c1cccc(O)c1C(C)(C)C.O=P([O-])([O-])OO.O=P([O-])([O-])OO.O=P([O-])([O-])OO.[Al+3].[Al+3]. The van der Waals surface area contributed by atoms with Gasteiger partial charge in [-0.1, -0.05) is 107 Å². The van der Waals surface area contributed by atoms with Crippen molar-refractivity contribution in [3.63, 3.8) is 0 Å². The van der Waals surface area contributed by atoms with Gasteiger partial charge in [-0.2, -0.15) is 0 Å². The van der Waals surface area contributed by atoms with Crippen LogP contribution in [0.2, 0.25) is 0 Å². The Morgan fingerprint density at radius 1 is 0.460 bits per heavy atom. The molecule has 2 aromatic carbocycles. The summed E-state index contributed by atoms with van der Waals surface area (Å²) in [6, 6.07) is 11.6. The first kappa shape index (κ1) is 58.6. The second kappa shape index (κ2) is 23.2. The number of hydrogen-bond acceptors (Lipinski definition) is 17. The average molecular weight is 803 g/mol. The van der Waals surface area contributed by atoms with Gasteiger partial charge in [0.25, 0.3) is 0 Å². The second-order valence-corrected chi connectivity index (χ2v) is 17.2. The first-order chi connectivity index (χ1) is 21.0. The van der Waals surface area contributed by atoms with Crippen LogP contribution < -0.4 is 29.4 Å². The first-order valence-corrected chi connectivity index (χ1v) is 18.1. The maximum atomic E-state index is 9.99. The molecule has 22 heteroatoms. The molecule has 0 unspecified atom stereocenters. The number of rotatable bonds is 3. The summed E-state index contributed by atoms with van der Waals surface area (Å²) in [7, 11) is -15.3. The summed E-state index contributed by atoms with van der Waals surface area (Å²) in [4.78, 5) is 54.0. The molecule has 0 saturated carbocycles. The fourth-order valence-corrected chi connectivity index (χ4v) is 3.91. The van der Waals surface area contributed by atoms with Gasteiger partial charge >= 0.3 is 34.7 Å². The van der Waals surface area contributed by atoms with E-state index in [0.29, 0.717) is 11.5 Å². The molecule has 0 atom stereocenters. The van der Waals surface area contributed by atoms with E-state index in [9.17, 15) is 10.2 Å². The van der Waals surface area contributed by atoms with Crippen molar-refractivity contribution in [3.05, 3.63) is 58.7 Å². The van der Waals surface area contributed by atoms with Crippen molar-refractivity contribution in [2.45, 2.75) is 105 Å². The Kier molecular flexibility index (Phi) is 27.2. The van der Waals surface area contributed by atoms with Crippen LogP contribution in [0, 0.1) is 0 Å². The van der Waals surface area contributed by atoms with Gasteiger partial charge in [-0.3, -0.25) is 0 Å². The van der Waals surface area contributed by atoms with Crippen LogP contribution >= 0.6 is 23.5 Å². The Morgan fingerprint density at radius 3 is 0.740 bits per heavy atom. The van der Waals surface area contributed by atoms with E-state index in [0.717, 1.165) is 11.1 Å². The Bertz CT molecular complexity index is 1270. The van der Waals surface area contributed by atoms with Crippen molar-refractivity contribution in [2.24, 2.45) is 0 Å². The fraction of sp³-hybridized carbons (Fsp3) is 0.571. The standard InChI is InChI=1S/2C14H22O.2Al.3H3O5P/c2*1-13(2,3)10-8-7-9-11(15)12(10)14(4,5)6;;;3*1-5-6(2,3)4/h2*7-9,15H,1-6H3;;;3*1H,(H2,2,3,4)/q;;2*+3;;;/p-6. The molecule has 0 bridgehead atoms. The molecule has 17 nitrogen and oxygen atoms in total. The zero-order valence-corrected chi connectivity index (χ0v) is 35.1. The molecule has 0 heterocycles. The van der Waals surface area contributed by atoms with Gasteiger partial charge in [0, 0.05) is 11.1 Å². The summed E-state index contributed by atoms with van der Waals surface area (Å²) in [5.74, 6) is 0.824. The van der Waals surface area contributed by atoms with Crippen molar-refractivity contribution in [2.75, 3.05) is 0 Å². The van der Waals surface area contributed by atoms with Crippen molar-refractivity contribution in [1.29, 1.82) is 0 Å². The molecule has 0 aliphatic heterocycles. The quantitative estimate of drug-likeness (QED) is 0.128. The monoisotopic (exact) mass is 802 g/mol. The van der Waals surface area contributed by atoms with Crippen molar-refractivity contribution < 1.29 is 83.1 Å². The molecule has 0 aromatic heterocycles. The molecule has 5 N–H and O–H groups in total. The van der Waals surface area contributed by atoms with E-state index in [1.165, 1.54) is 11.1 Å². The zero-order chi connectivity index (χ0) is 39.3. The van der Waals surface area contributed by atoms with Crippen LogP contribution in [0.15, 0.2) is 36.4 Å². The number of aromatic hydroxyl groups is 2. The second-order valence-electron chi connectivity index (χ2n) is 14.0. The normalized spacial score (nSPS) is 12.0. The summed E-state index contributed by atoms with van der Waals surface area (Å²) in [5.41, 5.74) is 4.70. The van der Waals surface area contributed by atoms with Crippen molar-refractivity contribution in [3.8, 4) is 11.5 Å². The van der Waals surface area contributed by atoms with E-state index < -0.39 is 23.5 Å². The number of phosphoric acid groups is 3. The van der Waals surface area contributed by atoms with E-state index in [4.69, 9.17) is 58.8 Å². The van der Waals surface area contributed by atoms with Crippen LogP contribution in [-0.2, 0) is 49.4 Å². The van der Waals surface area contributed by atoms with Crippen LogP contribution in [0.1, 0.15) is 105 Å². The Labute approximate surface area is 315 Å². The minimum atomic E-state index is -5.09. The zero-order valence-electron chi connectivity index (χ0n) is 30.1. The summed E-state index contributed by atoms with van der Waals surface area (Å²) in [6.07, 6.45) is 0. The molecule has 0 amide bonds. The Balaban J connectivity index is -0.000000180. The summed E-state index contributed by atoms with van der Waals surface area (Å²) < 4.78 is 34.1. The molecule has 0 spiro atoms. The smallest absolute Gasteiger partial charge is 0.788 e. The van der Waals surface area contributed by atoms with Gasteiger partial charge in [0.15, 0.2) is 0 Å². The number of benzene rings is 2. The van der Waals surface area contributed by atoms with Crippen LogP contribution in [0.25, 0.3) is 0 Å². The molecule has 0 radical (unpaired) electrons. The largest absolute Gasteiger partial charge is 3.00 e. The average Bonchev–Trinajstić information content (AvgIpc) is 2.86. The molecular formula is C28H47Al2O17P3. The molecule has 2 aromatic rings. The van der Waals surface area contributed by atoms with Gasteiger partial charge in [0.1, 0.15) is 11.5 Å². The van der Waals surface area contributed by atoms with E-state index in [2.05, 4.69) is 109 Å². The molecule has 2 rings (SSSR count). The van der Waals surface area contributed by atoms with Crippen molar-refractivity contribution in [1.82, 2.24) is 0 Å². The topological polar surface area (TPSA) is 318 Å². The third kappa shape index (κ3) is 27.9. The third-order valence-corrected chi connectivity index (χ3v) is 6.10. The predicted octanol–water partition coefficient (Wildman–Crippen LogP) is 2.13. The van der Waals surface area contributed by atoms with E-state index >= 15 is 0 Å². The van der Waals surface area contributed by atoms with Crippen LogP contribution in [-0.4, -0.2) is 60.7 Å². The summed E-state index contributed by atoms with van der Waals surface area (Å²) >= 11 is 0. The fourth-order valence-electron chi connectivity index (χ4n) is 3.91. The minimum absolute atomic E-state index is 0. The van der Waals surface area contributed by atoms with Gasteiger partial charge in [0.05, 0.1) is 23.5 Å². The molecule has 0 saturated heterocycles. The van der Waals surface area contributed by atoms with Crippen molar-refractivity contribution >= 4 is 58.2 Å². The number of phenols is 2. The predicted molar refractivity (Wildman–Crippen MR) is 176 cm³/mol. The maximum absolute atomic E-state index is 9.99. The van der Waals surface area contributed by atoms with Gasteiger partial charge in [-0.15, -0.1) is 0 Å². The molecule has 282 valence electrons. The Hall–Kier alpha value is -0.685. The molecule has 0 fully saturated rings. The number of phenolic OH excluding ortho intramolecular Hbond substituents is 2. The third-order valence-electron chi connectivity index (χ3n) is 5.50. The minimum Gasteiger partial charge on any atom is -0.788 e. The summed E-state index contributed by atoms with van der Waals surface area (Å²) in [6.45, 7) is 25.9. The molecule has 50 heavy (non-hydrogen) atoms. The Morgan fingerprint density at radius 2 is 0.640 bits per heavy atom. The van der Waals surface area contributed by atoms with E-state index in [-0.39, 0.29) is 56.4 Å². The van der Waals surface area contributed by atoms with Gasteiger partial charge in [0.2, 0.25) is 0 Å². The molecule has 0 aliphatic rings. The van der Waals surface area contributed by atoms with E-state index in [1.54, 1.807) is 12.1 Å². The van der Waals surface area contributed by atoms with Gasteiger partial charge < -0.3 is 53.3 Å². The maximum Gasteiger partial charge on any atom is 3.00 e. The molecule has 0 aliphatic carbocycles.